The minimum atomic E-state index is -0.817. The minimum absolute atomic E-state index is 0.108. The van der Waals surface area contributed by atoms with Crippen molar-refractivity contribution in [1.82, 2.24) is 4.57 Å². The van der Waals surface area contributed by atoms with Crippen molar-refractivity contribution in [3.8, 4) is 11.8 Å². The first-order chi connectivity index (χ1) is 19.3. The topological polar surface area (TPSA) is 102 Å². The fourth-order valence-corrected chi connectivity index (χ4v) is 7.28. The van der Waals surface area contributed by atoms with E-state index in [-0.39, 0.29) is 24.3 Å². The molecule has 200 valence electrons. The van der Waals surface area contributed by atoms with Crippen LogP contribution in [0, 0.1) is 23.2 Å². The highest BCUT2D eigenvalue weighted by Crippen LogP contribution is 2.62. The lowest BCUT2D eigenvalue weighted by Crippen LogP contribution is -2.43. The molecule has 0 spiro atoms. The number of benzene rings is 3. The van der Waals surface area contributed by atoms with Gasteiger partial charge in [-0.15, -0.1) is 0 Å². The van der Waals surface area contributed by atoms with E-state index >= 15 is 0 Å². The maximum atomic E-state index is 14.1. The number of hydrogen-bond donors (Lipinski definition) is 0. The second-order valence-corrected chi connectivity index (χ2v) is 11.2. The molecule has 4 aromatic rings. The van der Waals surface area contributed by atoms with Crippen molar-refractivity contribution in [2.24, 2.45) is 11.8 Å². The highest BCUT2D eigenvalue weighted by atomic mass is 16.5. The van der Waals surface area contributed by atoms with Crippen molar-refractivity contribution in [3.63, 3.8) is 0 Å². The van der Waals surface area contributed by atoms with E-state index in [2.05, 4.69) is 6.07 Å². The number of rotatable bonds is 5. The Morgan fingerprint density at radius 2 is 1.70 bits per heavy atom. The van der Waals surface area contributed by atoms with Crippen molar-refractivity contribution in [2.45, 2.75) is 44.3 Å². The summed E-state index contributed by atoms with van der Waals surface area (Å²) in [6, 6.07) is 20.5. The van der Waals surface area contributed by atoms with Crippen LogP contribution in [0.3, 0.4) is 0 Å². The first kappa shape index (κ1) is 24.6. The van der Waals surface area contributed by atoms with Crippen molar-refractivity contribution in [2.75, 3.05) is 11.5 Å². The molecule has 3 aliphatic rings. The Bertz CT molecular complexity index is 1800. The summed E-state index contributed by atoms with van der Waals surface area (Å²) in [7, 11) is 0. The number of nitrogens with zero attached hydrogens (tertiary/aromatic N) is 3. The van der Waals surface area contributed by atoms with E-state index in [1.165, 1.54) is 11.8 Å². The number of hydrogen-bond acceptors (Lipinski definition) is 6. The summed E-state index contributed by atoms with van der Waals surface area (Å²) in [5.74, 6) is -1.22. The number of carbonyl (C=O) groups excluding carboxylic acids is 3. The number of anilines is 1. The van der Waals surface area contributed by atoms with Gasteiger partial charge in [0.05, 0.1) is 58.7 Å². The molecule has 0 radical (unpaired) electrons. The molecule has 40 heavy (non-hydrogen) atoms. The first-order valence-corrected chi connectivity index (χ1v) is 13.5. The number of amides is 2. The fourth-order valence-electron chi connectivity index (χ4n) is 7.28. The van der Waals surface area contributed by atoms with Crippen LogP contribution in [0.25, 0.3) is 21.7 Å². The van der Waals surface area contributed by atoms with Gasteiger partial charge in [0.15, 0.2) is 0 Å². The van der Waals surface area contributed by atoms with Gasteiger partial charge in [-0.05, 0) is 44.0 Å². The summed E-state index contributed by atoms with van der Waals surface area (Å²) in [6.07, 6.45) is 3.47. The zero-order chi connectivity index (χ0) is 27.8. The molecule has 2 amide bonds. The molecule has 3 fully saturated rings. The van der Waals surface area contributed by atoms with Gasteiger partial charge >= 0.3 is 0 Å². The van der Waals surface area contributed by atoms with E-state index in [1.54, 1.807) is 22.9 Å². The SMILES string of the molecule is CC(=O)n1cc(OCCC23CCC(C)(O2)C2C(=O)N(c4ccc(C#N)c5ccccc45)C(=O)C23)c2ccccc21. The molecular formula is C32H27N3O5. The first-order valence-electron chi connectivity index (χ1n) is 13.5. The summed E-state index contributed by atoms with van der Waals surface area (Å²) in [4.78, 5) is 41.5. The Morgan fingerprint density at radius 3 is 2.45 bits per heavy atom. The zero-order valence-corrected chi connectivity index (χ0v) is 22.2. The molecule has 0 saturated carbocycles. The summed E-state index contributed by atoms with van der Waals surface area (Å²) in [5, 5.41) is 11.8. The van der Waals surface area contributed by atoms with Crippen LogP contribution in [0.2, 0.25) is 0 Å². The normalized spacial score (nSPS) is 27.0. The third-order valence-electron chi connectivity index (χ3n) is 9.07. The number of aromatic nitrogens is 1. The second-order valence-electron chi connectivity index (χ2n) is 11.2. The molecular weight excluding hydrogens is 506 g/mol. The molecule has 8 heteroatoms. The Labute approximate surface area is 230 Å². The third kappa shape index (κ3) is 3.24. The van der Waals surface area contributed by atoms with Gasteiger partial charge in [0.25, 0.3) is 0 Å². The van der Waals surface area contributed by atoms with E-state index in [4.69, 9.17) is 9.47 Å². The van der Waals surface area contributed by atoms with E-state index in [0.29, 0.717) is 47.0 Å². The number of ether oxygens (including phenoxy) is 2. The molecule has 4 heterocycles. The molecule has 0 N–H and O–H groups in total. The highest BCUT2D eigenvalue weighted by Gasteiger charge is 2.73. The smallest absolute Gasteiger partial charge is 0.240 e. The molecule has 3 aromatic carbocycles. The third-order valence-corrected chi connectivity index (χ3v) is 9.07. The van der Waals surface area contributed by atoms with Crippen LogP contribution >= 0.6 is 0 Å². The monoisotopic (exact) mass is 533 g/mol. The fraction of sp³-hybridized carbons (Fsp3) is 0.312. The lowest BCUT2D eigenvalue weighted by Gasteiger charge is -2.31. The van der Waals surface area contributed by atoms with Crippen molar-refractivity contribution in [1.29, 1.82) is 5.26 Å². The van der Waals surface area contributed by atoms with E-state index in [1.807, 2.05) is 55.5 Å². The van der Waals surface area contributed by atoms with Gasteiger partial charge in [0.2, 0.25) is 17.7 Å². The minimum Gasteiger partial charge on any atom is -0.491 e. The van der Waals surface area contributed by atoms with Crippen molar-refractivity contribution >= 4 is 45.1 Å². The summed E-state index contributed by atoms with van der Waals surface area (Å²) < 4.78 is 14.3. The lowest BCUT2D eigenvalue weighted by atomic mass is 9.67. The largest absolute Gasteiger partial charge is 0.491 e. The van der Waals surface area contributed by atoms with Crippen LogP contribution in [0.5, 0.6) is 5.75 Å². The summed E-state index contributed by atoms with van der Waals surface area (Å²) in [5.41, 5.74) is 0.219. The van der Waals surface area contributed by atoms with Gasteiger partial charge in [0, 0.05) is 29.5 Å². The van der Waals surface area contributed by atoms with Gasteiger partial charge in [-0.3, -0.25) is 19.0 Å². The maximum absolute atomic E-state index is 14.1. The molecule has 1 aromatic heterocycles. The van der Waals surface area contributed by atoms with Gasteiger partial charge in [-0.1, -0.05) is 36.4 Å². The molecule has 4 unspecified atom stereocenters. The van der Waals surface area contributed by atoms with Crippen LogP contribution in [-0.4, -0.2) is 40.1 Å². The Hall–Kier alpha value is -4.48. The van der Waals surface area contributed by atoms with Gasteiger partial charge < -0.3 is 9.47 Å². The molecule has 3 saturated heterocycles. The van der Waals surface area contributed by atoms with Gasteiger partial charge in [-0.2, -0.15) is 5.26 Å². The Morgan fingerprint density at radius 1 is 1.00 bits per heavy atom. The van der Waals surface area contributed by atoms with Gasteiger partial charge in [-0.25, -0.2) is 4.90 Å². The van der Waals surface area contributed by atoms with Crippen molar-refractivity contribution in [3.05, 3.63) is 72.4 Å². The molecule has 4 atom stereocenters. The van der Waals surface area contributed by atoms with E-state index in [0.717, 1.165) is 10.9 Å². The predicted octanol–water partition coefficient (Wildman–Crippen LogP) is 5.22. The number of para-hydroxylation sites is 1. The average molecular weight is 534 g/mol. The van der Waals surface area contributed by atoms with Crippen LogP contribution in [0.1, 0.15) is 43.5 Å². The number of carbonyl (C=O) groups is 3. The zero-order valence-electron chi connectivity index (χ0n) is 22.2. The van der Waals surface area contributed by atoms with Crippen LogP contribution < -0.4 is 9.64 Å². The van der Waals surface area contributed by atoms with E-state index < -0.39 is 23.0 Å². The standard InChI is InChI=1S/C32H27N3O5/c1-19(36)34-18-26(23-9-5-6-10-24(23)34)39-16-15-32-14-13-31(2,40-32)27-28(32)30(38)35(29(27)37)25-12-11-20(17-33)21-7-3-4-8-22(21)25/h3-12,18,27-28H,13-16H2,1-2H3. The molecule has 0 aliphatic carbocycles. The molecule has 7 rings (SSSR count). The van der Waals surface area contributed by atoms with Crippen LogP contribution in [0.4, 0.5) is 5.69 Å². The van der Waals surface area contributed by atoms with Crippen LogP contribution in [-0.2, 0) is 14.3 Å². The number of nitriles is 1. The van der Waals surface area contributed by atoms with E-state index in [9.17, 15) is 19.6 Å². The quantitative estimate of drug-likeness (QED) is 0.326. The second kappa shape index (κ2) is 8.51. The number of fused-ring (bicyclic) bond motifs is 7. The van der Waals surface area contributed by atoms with Crippen LogP contribution in [0.15, 0.2) is 66.9 Å². The van der Waals surface area contributed by atoms with Crippen molar-refractivity contribution < 1.29 is 23.9 Å². The summed E-state index contributed by atoms with van der Waals surface area (Å²) >= 11 is 0. The molecule has 3 aliphatic heterocycles. The lowest BCUT2D eigenvalue weighted by molar-refractivity contribution is -0.131. The maximum Gasteiger partial charge on any atom is 0.240 e. The Kier molecular flexibility index (Phi) is 5.22. The Balaban J connectivity index is 1.20. The predicted molar refractivity (Wildman–Crippen MR) is 148 cm³/mol. The summed E-state index contributed by atoms with van der Waals surface area (Å²) in [6.45, 7) is 3.71. The molecule has 8 nitrogen and oxygen atoms in total. The molecule has 2 bridgehead atoms. The van der Waals surface area contributed by atoms with Gasteiger partial charge in [0.1, 0.15) is 5.75 Å². The highest BCUT2D eigenvalue weighted by molar-refractivity contribution is 6.26. The number of imide groups is 1. The average Bonchev–Trinajstić information content (AvgIpc) is 3.65.